The number of piperidine rings is 1. The minimum atomic E-state index is 0.157. The van der Waals surface area contributed by atoms with Crippen molar-refractivity contribution in [2.45, 2.75) is 108 Å². The standard InChI is InChI=1S/C27H38N4O/c32-27-26(29-16-8-9-17-29)28-24-12-6-7-13-25(24)31(27)23-18-21-14-15-22(19-23)30(21)20-10-4-2-1-3-5-11-20/h6-7,12-13,20-23H,1-5,8-11,14-19H2/p+1. The second-order valence-electron chi connectivity index (χ2n) is 10.9. The molecule has 1 saturated carbocycles. The highest BCUT2D eigenvalue weighted by molar-refractivity contribution is 5.76. The monoisotopic (exact) mass is 435 g/mol. The molecular weight excluding hydrogens is 396 g/mol. The molecule has 4 fully saturated rings. The molecule has 6 rings (SSSR count). The van der Waals surface area contributed by atoms with Gasteiger partial charge in [-0.25, -0.2) is 4.98 Å². The van der Waals surface area contributed by atoms with Crippen molar-refractivity contribution in [3.8, 4) is 0 Å². The summed E-state index contributed by atoms with van der Waals surface area (Å²) >= 11 is 0. The van der Waals surface area contributed by atoms with E-state index in [9.17, 15) is 4.79 Å². The molecule has 32 heavy (non-hydrogen) atoms. The molecule has 1 aromatic heterocycles. The number of hydrogen-bond donors (Lipinski definition) is 1. The number of benzene rings is 1. The molecule has 1 aromatic carbocycles. The van der Waals surface area contributed by atoms with E-state index in [1.165, 1.54) is 70.6 Å². The third-order valence-electron chi connectivity index (χ3n) is 9.04. The Bertz CT molecular complexity index is 988. The van der Waals surface area contributed by atoms with E-state index < -0.39 is 0 Å². The zero-order chi connectivity index (χ0) is 21.5. The van der Waals surface area contributed by atoms with Crippen molar-refractivity contribution in [3.63, 3.8) is 0 Å². The third kappa shape index (κ3) is 3.67. The second kappa shape index (κ2) is 8.81. The summed E-state index contributed by atoms with van der Waals surface area (Å²) in [6.07, 6.45) is 17.3. The van der Waals surface area contributed by atoms with Crippen molar-refractivity contribution in [2.24, 2.45) is 0 Å². The van der Waals surface area contributed by atoms with Crippen LogP contribution in [0.1, 0.15) is 89.5 Å². The molecule has 0 amide bonds. The number of aromatic nitrogens is 2. The van der Waals surface area contributed by atoms with E-state index in [0.717, 1.165) is 55.1 Å². The Morgan fingerprint density at radius 3 is 2.16 bits per heavy atom. The van der Waals surface area contributed by atoms with Gasteiger partial charge in [0.05, 0.1) is 29.2 Å². The first-order chi connectivity index (χ1) is 15.8. The van der Waals surface area contributed by atoms with Gasteiger partial charge < -0.3 is 14.4 Å². The molecule has 4 heterocycles. The Balaban J connectivity index is 1.33. The van der Waals surface area contributed by atoms with E-state index in [0.29, 0.717) is 11.9 Å². The summed E-state index contributed by atoms with van der Waals surface area (Å²) in [6.45, 7) is 1.94. The fraction of sp³-hybridized carbons (Fsp3) is 0.704. The van der Waals surface area contributed by atoms with Crippen LogP contribution in [0.15, 0.2) is 29.1 Å². The van der Waals surface area contributed by atoms with E-state index >= 15 is 0 Å². The molecule has 1 N–H and O–H groups in total. The predicted octanol–water partition coefficient (Wildman–Crippen LogP) is 3.86. The molecule has 0 spiro atoms. The SMILES string of the molecule is O=c1c(N2CCCC2)nc2ccccc2n1C1CC2CCC(C1)[NH+]2C1CCCCCCC1. The van der Waals surface area contributed by atoms with Crippen molar-refractivity contribution in [3.05, 3.63) is 34.6 Å². The maximum Gasteiger partial charge on any atom is 0.294 e. The first kappa shape index (κ1) is 20.7. The molecular formula is C27H39N4O+. The van der Waals surface area contributed by atoms with Gasteiger partial charge in [-0.15, -0.1) is 0 Å². The minimum absolute atomic E-state index is 0.157. The largest absolute Gasteiger partial charge is 0.352 e. The summed E-state index contributed by atoms with van der Waals surface area (Å²) in [4.78, 5) is 22.8. The number of rotatable bonds is 3. The molecule has 4 aliphatic rings. The van der Waals surface area contributed by atoms with Gasteiger partial charge in [0.25, 0.3) is 5.56 Å². The number of anilines is 1. The minimum Gasteiger partial charge on any atom is -0.352 e. The first-order valence-electron chi connectivity index (χ1n) is 13.4. The lowest BCUT2D eigenvalue weighted by atomic mass is 9.89. The summed E-state index contributed by atoms with van der Waals surface area (Å²) in [5.74, 6) is 0.698. The Kier molecular flexibility index (Phi) is 5.70. The third-order valence-corrected chi connectivity index (χ3v) is 9.04. The summed E-state index contributed by atoms with van der Waals surface area (Å²) in [5.41, 5.74) is 2.18. The van der Waals surface area contributed by atoms with Crippen LogP contribution in [0.2, 0.25) is 0 Å². The second-order valence-corrected chi connectivity index (χ2v) is 10.9. The number of nitrogens with zero attached hydrogens (tertiary/aromatic N) is 3. The first-order valence-corrected chi connectivity index (χ1v) is 13.4. The predicted molar refractivity (Wildman–Crippen MR) is 130 cm³/mol. The van der Waals surface area contributed by atoms with Gasteiger partial charge in [0, 0.05) is 44.8 Å². The summed E-state index contributed by atoms with van der Waals surface area (Å²) in [5, 5.41) is 0. The molecule has 3 saturated heterocycles. The number of para-hydroxylation sites is 2. The normalized spacial score (nSPS) is 31.7. The van der Waals surface area contributed by atoms with Crippen LogP contribution < -0.4 is 15.4 Å². The van der Waals surface area contributed by atoms with Crippen molar-refractivity contribution >= 4 is 16.9 Å². The average Bonchev–Trinajstić information content (AvgIpc) is 3.40. The van der Waals surface area contributed by atoms with Crippen molar-refractivity contribution < 1.29 is 4.90 Å². The summed E-state index contributed by atoms with van der Waals surface area (Å²) in [7, 11) is 0. The van der Waals surface area contributed by atoms with Crippen molar-refractivity contribution in [2.75, 3.05) is 18.0 Å². The summed E-state index contributed by atoms with van der Waals surface area (Å²) < 4.78 is 2.18. The van der Waals surface area contributed by atoms with E-state index in [2.05, 4.69) is 33.7 Å². The van der Waals surface area contributed by atoms with Crippen molar-refractivity contribution in [1.82, 2.24) is 9.55 Å². The van der Waals surface area contributed by atoms with Gasteiger partial charge in [-0.1, -0.05) is 31.4 Å². The number of nitrogens with one attached hydrogen (secondary N) is 1. The Morgan fingerprint density at radius 1 is 0.781 bits per heavy atom. The maximum atomic E-state index is 13.8. The lowest BCUT2D eigenvalue weighted by molar-refractivity contribution is -0.966. The van der Waals surface area contributed by atoms with Crippen molar-refractivity contribution in [1.29, 1.82) is 0 Å². The highest BCUT2D eigenvalue weighted by Crippen LogP contribution is 2.34. The molecule has 2 unspecified atom stereocenters. The maximum absolute atomic E-state index is 13.8. The molecule has 2 bridgehead atoms. The topological polar surface area (TPSA) is 42.6 Å². The van der Waals surface area contributed by atoms with Gasteiger partial charge in [-0.05, 0) is 50.7 Å². The Morgan fingerprint density at radius 2 is 1.44 bits per heavy atom. The van der Waals surface area contributed by atoms with Gasteiger partial charge in [-0.3, -0.25) is 4.79 Å². The zero-order valence-corrected chi connectivity index (χ0v) is 19.5. The molecule has 2 aromatic rings. The number of quaternary nitrogens is 1. The van der Waals surface area contributed by atoms with Crippen LogP contribution in [0.3, 0.4) is 0 Å². The molecule has 1 aliphatic carbocycles. The van der Waals surface area contributed by atoms with E-state index in [4.69, 9.17) is 4.98 Å². The van der Waals surface area contributed by atoms with Crippen LogP contribution >= 0.6 is 0 Å². The highest BCUT2D eigenvalue weighted by atomic mass is 16.1. The van der Waals surface area contributed by atoms with E-state index in [1.54, 1.807) is 0 Å². The zero-order valence-electron chi connectivity index (χ0n) is 19.5. The lowest BCUT2D eigenvalue weighted by Crippen LogP contribution is -3.21. The van der Waals surface area contributed by atoms with Gasteiger partial charge in [-0.2, -0.15) is 0 Å². The van der Waals surface area contributed by atoms with Crippen LogP contribution in [-0.4, -0.2) is 40.8 Å². The Hall–Kier alpha value is -1.88. The van der Waals surface area contributed by atoms with Gasteiger partial charge in [0.2, 0.25) is 0 Å². The smallest absolute Gasteiger partial charge is 0.294 e. The van der Waals surface area contributed by atoms with Crippen LogP contribution in [0.4, 0.5) is 5.82 Å². The molecule has 172 valence electrons. The average molecular weight is 436 g/mol. The quantitative estimate of drug-likeness (QED) is 0.796. The van der Waals surface area contributed by atoms with Crippen LogP contribution in [0, 0.1) is 0 Å². The van der Waals surface area contributed by atoms with Crippen LogP contribution in [0.25, 0.3) is 11.0 Å². The fourth-order valence-electron chi connectivity index (χ4n) is 7.64. The molecule has 0 radical (unpaired) electrons. The summed E-state index contributed by atoms with van der Waals surface area (Å²) in [6, 6.07) is 11.0. The molecule has 3 aliphatic heterocycles. The van der Waals surface area contributed by atoms with E-state index in [-0.39, 0.29) is 5.56 Å². The van der Waals surface area contributed by atoms with Gasteiger partial charge in [0.1, 0.15) is 0 Å². The van der Waals surface area contributed by atoms with Gasteiger partial charge >= 0.3 is 0 Å². The van der Waals surface area contributed by atoms with Gasteiger partial charge in [0.15, 0.2) is 5.82 Å². The molecule has 5 heteroatoms. The molecule has 5 nitrogen and oxygen atoms in total. The molecule has 2 atom stereocenters. The van der Waals surface area contributed by atoms with Crippen LogP contribution in [-0.2, 0) is 0 Å². The number of hydrogen-bond acceptors (Lipinski definition) is 3. The van der Waals surface area contributed by atoms with Crippen LogP contribution in [0.5, 0.6) is 0 Å². The Labute approximate surface area is 191 Å². The van der Waals surface area contributed by atoms with E-state index in [1.807, 2.05) is 4.90 Å². The fourth-order valence-corrected chi connectivity index (χ4v) is 7.64. The highest BCUT2D eigenvalue weighted by Gasteiger charge is 2.48. The lowest BCUT2D eigenvalue weighted by Gasteiger charge is -2.42. The number of fused-ring (bicyclic) bond motifs is 3.